The van der Waals surface area contributed by atoms with Gasteiger partial charge in [0, 0.05) is 37.8 Å². The van der Waals surface area contributed by atoms with Crippen molar-refractivity contribution in [3.8, 4) is 0 Å². The van der Waals surface area contributed by atoms with E-state index in [1.807, 2.05) is 48.2 Å². The molecular formula is C23H29N3O2. The molecule has 0 saturated carbocycles. The van der Waals surface area contributed by atoms with Crippen LogP contribution in [-0.2, 0) is 4.79 Å². The molecular weight excluding hydrogens is 350 g/mol. The second kappa shape index (κ2) is 9.40. The highest BCUT2D eigenvalue weighted by Gasteiger charge is 2.24. The smallest absolute Gasteiger partial charge is 0.256 e. The summed E-state index contributed by atoms with van der Waals surface area (Å²) in [5.74, 6) is -0.120. The Kier molecular flexibility index (Phi) is 6.69. The lowest BCUT2D eigenvalue weighted by atomic mass is 10.0. The first-order chi connectivity index (χ1) is 13.6. The molecule has 0 aromatic heterocycles. The quantitative estimate of drug-likeness (QED) is 0.825. The lowest BCUT2D eigenvalue weighted by molar-refractivity contribution is -0.119. The van der Waals surface area contributed by atoms with Crippen LogP contribution in [0.25, 0.3) is 0 Å². The number of piperazine rings is 1. The molecule has 1 atom stereocenters. The summed E-state index contributed by atoms with van der Waals surface area (Å²) in [4.78, 5) is 29.7. The standard InChI is InChI=1S/C23H29N3O2/c1-3-9-18(2)22(27)24-21-13-8-7-12-20(21)23(28)26-16-14-25(15-17-26)19-10-5-4-6-11-19/h4-8,10-13,18H,3,9,14-17H2,1-2H3,(H,24,27). The molecule has 1 N–H and O–H groups in total. The average molecular weight is 380 g/mol. The van der Waals surface area contributed by atoms with Crippen LogP contribution >= 0.6 is 0 Å². The Morgan fingerprint density at radius 2 is 1.61 bits per heavy atom. The van der Waals surface area contributed by atoms with Gasteiger partial charge < -0.3 is 15.1 Å². The lowest BCUT2D eigenvalue weighted by Crippen LogP contribution is -2.49. The van der Waals surface area contributed by atoms with Crippen LogP contribution in [0, 0.1) is 5.92 Å². The van der Waals surface area contributed by atoms with E-state index in [0.717, 1.165) is 25.9 Å². The fraction of sp³-hybridized carbons (Fsp3) is 0.391. The van der Waals surface area contributed by atoms with Gasteiger partial charge in [-0.15, -0.1) is 0 Å². The Hall–Kier alpha value is -2.82. The highest BCUT2D eigenvalue weighted by Crippen LogP contribution is 2.21. The molecule has 5 heteroatoms. The maximum absolute atomic E-state index is 13.1. The number of benzene rings is 2. The predicted molar refractivity (Wildman–Crippen MR) is 114 cm³/mol. The highest BCUT2D eigenvalue weighted by molar-refractivity contribution is 6.04. The molecule has 2 amide bonds. The number of hydrogen-bond acceptors (Lipinski definition) is 3. The van der Waals surface area contributed by atoms with Crippen LogP contribution in [0.15, 0.2) is 54.6 Å². The molecule has 5 nitrogen and oxygen atoms in total. The Morgan fingerprint density at radius 1 is 0.964 bits per heavy atom. The number of carbonyl (C=O) groups is 2. The fourth-order valence-corrected chi connectivity index (χ4v) is 3.58. The van der Waals surface area contributed by atoms with Gasteiger partial charge >= 0.3 is 0 Å². The average Bonchev–Trinajstić information content (AvgIpc) is 2.74. The molecule has 0 radical (unpaired) electrons. The summed E-state index contributed by atoms with van der Waals surface area (Å²) in [5.41, 5.74) is 2.35. The largest absolute Gasteiger partial charge is 0.368 e. The maximum atomic E-state index is 13.1. The monoisotopic (exact) mass is 379 g/mol. The first-order valence-electron chi connectivity index (χ1n) is 10.1. The van der Waals surface area contributed by atoms with E-state index in [4.69, 9.17) is 0 Å². The van der Waals surface area contributed by atoms with Crippen LogP contribution in [0.1, 0.15) is 37.0 Å². The molecule has 2 aromatic carbocycles. The predicted octanol–water partition coefficient (Wildman–Crippen LogP) is 4.02. The minimum atomic E-state index is -0.0671. The van der Waals surface area contributed by atoms with E-state index in [1.165, 1.54) is 5.69 Å². The van der Waals surface area contributed by atoms with Gasteiger partial charge in [-0.05, 0) is 30.7 Å². The Balaban J connectivity index is 1.66. The second-order valence-corrected chi connectivity index (χ2v) is 7.34. The molecule has 0 bridgehead atoms. The van der Waals surface area contributed by atoms with Gasteiger partial charge in [0.05, 0.1) is 11.3 Å². The van der Waals surface area contributed by atoms with Crippen LogP contribution in [0.5, 0.6) is 0 Å². The summed E-state index contributed by atoms with van der Waals surface area (Å²) in [7, 11) is 0. The third kappa shape index (κ3) is 4.71. The molecule has 1 saturated heterocycles. The molecule has 1 aliphatic rings. The van der Waals surface area contributed by atoms with Crippen LogP contribution in [0.2, 0.25) is 0 Å². The van der Waals surface area contributed by atoms with E-state index in [1.54, 1.807) is 6.07 Å². The summed E-state index contributed by atoms with van der Waals surface area (Å²) in [6, 6.07) is 17.6. The summed E-state index contributed by atoms with van der Waals surface area (Å²) in [6.45, 7) is 6.93. The van der Waals surface area contributed by atoms with Crippen LogP contribution in [0.3, 0.4) is 0 Å². The van der Waals surface area contributed by atoms with Crippen LogP contribution < -0.4 is 10.2 Å². The van der Waals surface area contributed by atoms with E-state index in [-0.39, 0.29) is 17.7 Å². The van der Waals surface area contributed by atoms with Crippen molar-refractivity contribution < 1.29 is 9.59 Å². The molecule has 28 heavy (non-hydrogen) atoms. The second-order valence-electron chi connectivity index (χ2n) is 7.34. The molecule has 1 fully saturated rings. The van der Waals surface area contributed by atoms with Gasteiger partial charge in [-0.3, -0.25) is 9.59 Å². The van der Waals surface area contributed by atoms with Crippen molar-refractivity contribution in [1.82, 2.24) is 4.90 Å². The van der Waals surface area contributed by atoms with Crippen molar-refractivity contribution >= 4 is 23.2 Å². The number of nitrogens with zero attached hydrogens (tertiary/aromatic N) is 2. The summed E-state index contributed by atoms with van der Waals surface area (Å²) < 4.78 is 0. The van der Waals surface area contributed by atoms with Crippen molar-refractivity contribution in [2.24, 2.45) is 5.92 Å². The van der Waals surface area contributed by atoms with Gasteiger partial charge in [-0.1, -0.05) is 50.6 Å². The molecule has 1 heterocycles. The maximum Gasteiger partial charge on any atom is 0.256 e. The number of carbonyl (C=O) groups excluding carboxylic acids is 2. The lowest BCUT2D eigenvalue weighted by Gasteiger charge is -2.36. The Morgan fingerprint density at radius 3 is 2.29 bits per heavy atom. The van der Waals surface area contributed by atoms with E-state index in [9.17, 15) is 9.59 Å². The molecule has 0 spiro atoms. The normalized spacial score (nSPS) is 15.2. The number of anilines is 2. The first kappa shape index (κ1) is 19.9. The number of amides is 2. The molecule has 148 valence electrons. The number of hydrogen-bond donors (Lipinski definition) is 1. The van der Waals surface area contributed by atoms with Gasteiger partial charge in [-0.25, -0.2) is 0 Å². The minimum absolute atomic E-state index is 0.0215. The van der Waals surface area contributed by atoms with E-state index < -0.39 is 0 Å². The zero-order chi connectivity index (χ0) is 19.9. The van der Waals surface area contributed by atoms with Crippen molar-refractivity contribution in [3.05, 3.63) is 60.2 Å². The van der Waals surface area contributed by atoms with E-state index in [2.05, 4.69) is 29.3 Å². The van der Waals surface area contributed by atoms with Crippen molar-refractivity contribution in [1.29, 1.82) is 0 Å². The summed E-state index contributed by atoms with van der Waals surface area (Å²) >= 11 is 0. The summed E-state index contributed by atoms with van der Waals surface area (Å²) in [5, 5.41) is 2.95. The summed E-state index contributed by atoms with van der Waals surface area (Å²) in [6.07, 6.45) is 1.80. The third-order valence-electron chi connectivity index (χ3n) is 5.27. The van der Waals surface area contributed by atoms with Crippen molar-refractivity contribution in [3.63, 3.8) is 0 Å². The fourth-order valence-electron chi connectivity index (χ4n) is 3.58. The molecule has 0 aliphatic carbocycles. The van der Waals surface area contributed by atoms with Gasteiger partial charge in [0.15, 0.2) is 0 Å². The van der Waals surface area contributed by atoms with Crippen LogP contribution in [-0.4, -0.2) is 42.9 Å². The Labute approximate surface area is 167 Å². The van der Waals surface area contributed by atoms with Crippen molar-refractivity contribution in [2.45, 2.75) is 26.7 Å². The molecule has 1 aliphatic heterocycles. The SMILES string of the molecule is CCCC(C)C(=O)Nc1ccccc1C(=O)N1CCN(c2ccccc2)CC1. The van der Waals surface area contributed by atoms with E-state index >= 15 is 0 Å². The first-order valence-corrected chi connectivity index (χ1v) is 10.1. The van der Waals surface area contributed by atoms with Gasteiger partial charge in [0.1, 0.15) is 0 Å². The topological polar surface area (TPSA) is 52.7 Å². The van der Waals surface area contributed by atoms with E-state index in [0.29, 0.717) is 24.3 Å². The van der Waals surface area contributed by atoms with Crippen molar-refractivity contribution in [2.75, 3.05) is 36.4 Å². The van der Waals surface area contributed by atoms with Gasteiger partial charge in [-0.2, -0.15) is 0 Å². The van der Waals surface area contributed by atoms with Crippen LogP contribution in [0.4, 0.5) is 11.4 Å². The highest BCUT2D eigenvalue weighted by atomic mass is 16.2. The zero-order valence-electron chi connectivity index (χ0n) is 16.7. The van der Waals surface area contributed by atoms with Gasteiger partial charge in [0.2, 0.25) is 5.91 Å². The minimum Gasteiger partial charge on any atom is -0.368 e. The molecule has 2 aromatic rings. The number of nitrogens with one attached hydrogen (secondary N) is 1. The third-order valence-corrected chi connectivity index (χ3v) is 5.27. The molecule has 3 rings (SSSR count). The molecule has 1 unspecified atom stereocenters. The zero-order valence-corrected chi connectivity index (χ0v) is 16.7. The number of rotatable bonds is 6. The Bertz CT molecular complexity index is 799. The van der Waals surface area contributed by atoms with Gasteiger partial charge in [0.25, 0.3) is 5.91 Å². The number of para-hydroxylation sites is 2.